The standard InChI is InChI=1S/C15H19BrN2S2/c1-3-8-17-11(2)14-9-18-15(20-14)10-19-13-7-5-4-6-12(13)16/h4-7,9,11,17H,3,8,10H2,1-2H3. The van der Waals surface area contributed by atoms with Gasteiger partial charge < -0.3 is 5.32 Å². The van der Waals surface area contributed by atoms with E-state index in [9.17, 15) is 0 Å². The van der Waals surface area contributed by atoms with Gasteiger partial charge in [0.25, 0.3) is 0 Å². The third kappa shape index (κ3) is 4.58. The van der Waals surface area contributed by atoms with E-state index in [1.807, 2.05) is 24.0 Å². The lowest BCUT2D eigenvalue weighted by molar-refractivity contribution is 0.577. The van der Waals surface area contributed by atoms with E-state index in [2.05, 4.69) is 58.3 Å². The van der Waals surface area contributed by atoms with Gasteiger partial charge in [-0.3, -0.25) is 0 Å². The van der Waals surface area contributed by atoms with Crippen molar-refractivity contribution in [3.8, 4) is 0 Å². The monoisotopic (exact) mass is 370 g/mol. The van der Waals surface area contributed by atoms with E-state index < -0.39 is 0 Å². The van der Waals surface area contributed by atoms with Crippen molar-refractivity contribution in [1.29, 1.82) is 0 Å². The molecule has 1 atom stereocenters. The Morgan fingerprint density at radius 1 is 1.40 bits per heavy atom. The molecule has 0 saturated heterocycles. The van der Waals surface area contributed by atoms with Crippen LogP contribution in [0.15, 0.2) is 39.8 Å². The summed E-state index contributed by atoms with van der Waals surface area (Å²) >= 11 is 7.21. The molecule has 2 aromatic rings. The quantitative estimate of drug-likeness (QED) is 0.672. The smallest absolute Gasteiger partial charge is 0.103 e. The fraction of sp³-hybridized carbons (Fsp3) is 0.400. The predicted molar refractivity (Wildman–Crippen MR) is 92.5 cm³/mol. The molecule has 0 spiro atoms. The number of halogens is 1. The first kappa shape index (κ1) is 16.0. The second kappa shape index (κ2) is 8.17. The average molecular weight is 371 g/mol. The van der Waals surface area contributed by atoms with Crippen LogP contribution in [0.2, 0.25) is 0 Å². The molecule has 0 saturated carbocycles. The molecule has 2 rings (SSSR count). The number of aromatic nitrogens is 1. The molecule has 1 aromatic heterocycles. The summed E-state index contributed by atoms with van der Waals surface area (Å²) in [5, 5.41) is 4.69. The van der Waals surface area contributed by atoms with Crippen LogP contribution in [0.5, 0.6) is 0 Å². The number of thioether (sulfide) groups is 1. The van der Waals surface area contributed by atoms with E-state index in [0.29, 0.717) is 6.04 Å². The number of hydrogen-bond acceptors (Lipinski definition) is 4. The maximum atomic E-state index is 4.53. The molecule has 0 aliphatic heterocycles. The second-order valence-corrected chi connectivity index (χ2v) is 7.57. The fourth-order valence-corrected chi connectivity index (χ4v) is 4.27. The molecule has 1 unspecified atom stereocenters. The van der Waals surface area contributed by atoms with Crippen molar-refractivity contribution in [3.05, 3.63) is 44.8 Å². The van der Waals surface area contributed by atoms with E-state index in [-0.39, 0.29) is 0 Å². The number of nitrogens with zero attached hydrogens (tertiary/aromatic N) is 1. The SMILES string of the molecule is CCCNC(C)c1cnc(CSc2ccccc2Br)s1. The van der Waals surface area contributed by atoms with Gasteiger partial charge in [-0.15, -0.1) is 23.1 Å². The van der Waals surface area contributed by atoms with E-state index in [1.165, 1.54) is 14.8 Å². The van der Waals surface area contributed by atoms with Crippen LogP contribution >= 0.6 is 39.0 Å². The zero-order valence-corrected chi connectivity index (χ0v) is 14.9. The third-order valence-corrected chi connectivity index (χ3v) is 6.29. The molecule has 108 valence electrons. The molecular formula is C15H19BrN2S2. The molecule has 1 N–H and O–H groups in total. The molecule has 1 heterocycles. The Kier molecular flexibility index (Phi) is 6.55. The van der Waals surface area contributed by atoms with Crippen molar-refractivity contribution in [1.82, 2.24) is 10.3 Å². The summed E-state index contributed by atoms with van der Waals surface area (Å²) in [6.45, 7) is 5.44. The van der Waals surface area contributed by atoms with Gasteiger partial charge in [0.2, 0.25) is 0 Å². The maximum Gasteiger partial charge on any atom is 0.103 e. The van der Waals surface area contributed by atoms with E-state index in [4.69, 9.17) is 0 Å². The highest BCUT2D eigenvalue weighted by molar-refractivity contribution is 9.10. The van der Waals surface area contributed by atoms with Crippen LogP contribution in [-0.2, 0) is 5.75 Å². The number of benzene rings is 1. The van der Waals surface area contributed by atoms with Crippen molar-refractivity contribution >= 4 is 39.0 Å². The number of hydrogen-bond donors (Lipinski definition) is 1. The predicted octanol–water partition coefficient (Wildman–Crippen LogP) is 5.26. The molecule has 0 radical (unpaired) electrons. The summed E-state index contributed by atoms with van der Waals surface area (Å²) in [5.41, 5.74) is 0. The van der Waals surface area contributed by atoms with E-state index in [0.717, 1.165) is 23.2 Å². The molecule has 1 aromatic carbocycles. The molecule has 0 aliphatic rings. The van der Waals surface area contributed by atoms with Crippen LogP contribution in [0, 0.1) is 0 Å². The first-order valence-electron chi connectivity index (χ1n) is 6.76. The number of nitrogens with one attached hydrogen (secondary N) is 1. The lowest BCUT2D eigenvalue weighted by atomic mass is 10.3. The normalized spacial score (nSPS) is 12.6. The Hall–Kier alpha value is -0.360. The Balaban J connectivity index is 1.91. The Bertz CT molecular complexity index is 542. The Morgan fingerprint density at radius 3 is 2.95 bits per heavy atom. The summed E-state index contributed by atoms with van der Waals surface area (Å²) in [6, 6.07) is 8.71. The summed E-state index contributed by atoms with van der Waals surface area (Å²) in [7, 11) is 0. The van der Waals surface area contributed by atoms with Gasteiger partial charge in [-0.1, -0.05) is 19.1 Å². The van der Waals surface area contributed by atoms with Gasteiger partial charge in [0.05, 0.1) is 5.75 Å². The first-order chi connectivity index (χ1) is 9.70. The second-order valence-electron chi connectivity index (χ2n) is 4.55. The van der Waals surface area contributed by atoms with Gasteiger partial charge in [-0.25, -0.2) is 4.98 Å². The molecule has 0 bridgehead atoms. The van der Waals surface area contributed by atoms with Crippen LogP contribution in [0.4, 0.5) is 0 Å². The maximum absolute atomic E-state index is 4.53. The van der Waals surface area contributed by atoms with Crippen LogP contribution in [0.25, 0.3) is 0 Å². The Labute approximate surface area is 137 Å². The summed E-state index contributed by atoms with van der Waals surface area (Å²) in [4.78, 5) is 7.12. The Morgan fingerprint density at radius 2 is 2.20 bits per heavy atom. The van der Waals surface area contributed by atoms with Gasteiger partial charge in [-0.05, 0) is 48.0 Å². The van der Waals surface area contributed by atoms with Crippen molar-refractivity contribution < 1.29 is 0 Å². The molecule has 2 nitrogen and oxygen atoms in total. The van der Waals surface area contributed by atoms with E-state index in [1.54, 1.807) is 11.3 Å². The highest BCUT2D eigenvalue weighted by Crippen LogP contribution is 2.31. The first-order valence-corrected chi connectivity index (χ1v) is 9.35. The van der Waals surface area contributed by atoms with Crippen molar-refractivity contribution in [2.45, 2.75) is 37.0 Å². The lowest BCUT2D eigenvalue weighted by Crippen LogP contribution is -2.18. The average Bonchev–Trinajstić information content (AvgIpc) is 2.93. The van der Waals surface area contributed by atoms with Crippen molar-refractivity contribution in [3.63, 3.8) is 0 Å². The van der Waals surface area contributed by atoms with Crippen molar-refractivity contribution in [2.75, 3.05) is 6.54 Å². The van der Waals surface area contributed by atoms with Gasteiger partial charge in [0.1, 0.15) is 5.01 Å². The number of thiazole rings is 1. The minimum absolute atomic E-state index is 0.398. The van der Waals surface area contributed by atoms with Crippen molar-refractivity contribution in [2.24, 2.45) is 0 Å². The fourth-order valence-electron chi connectivity index (χ4n) is 1.75. The summed E-state index contributed by atoms with van der Waals surface area (Å²) < 4.78 is 1.15. The molecule has 5 heteroatoms. The zero-order valence-electron chi connectivity index (χ0n) is 11.7. The van der Waals surface area contributed by atoms with Gasteiger partial charge in [0.15, 0.2) is 0 Å². The minimum atomic E-state index is 0.398. The lowest BCUT2D eigenvalue weighted by Gasteiger charge is -2.09. The molecule has 0 fully saturated rings. The zero-order chi connectivity index (χ0) is 14.4. The highest BCUT2D eigenvalue weighted by atomic mass is 79.9. The summed E-state index contributed by atoms with van der Waals surface area (Å²) in [5.74, 6) is 0.924. The summed E-state index contributed by atoms with van der Waals surface area (Å²) in [6.07, 6.45) is 3.17. The van der Waals surface area contributed by atoms with Crippen LogP contribution in [0.1, 0.15) is 36.2 Å². The van der Waals surface area contributed by atoms with Gasteiger partial charge >= 0.3 is 0 Å². The topological polar surface area (TPSA) is 24.9 Å². The van der Waals surface area contributed by atoms with E-state index >= 15 is 0 Å². The molecule has 0 amide bonds. The molecule has 0 aliphatic carbocycles. The van der Waals surface area contributed by atoms with Crippen LogP contribution in [0.3, 0.4) is 0 Å². The van der Waals surface area contributed by atoms with Gasteiger partial charge in [0, 0.05) is 26.5 Å². The van der Waals surface area contributed by atoms with Gasteiger partial charge in [-0.2, -0.15) is 0 Å². The number of rotatable bonds is 7. The highest BCUT2D eigenvalue weighted by Gasteiger charge is 2.09. The van der Waals surface area contributed by atoms with Crippen LogP contribution < -0.4 is 5.32 Å². The van der Waals surface area contributed by atoms with Crippen LogP contribution in [-0.4, -0.2) is 11.5 Å². The molecule has 20 heavy (non-hydrogen) atoms. The largest absolute Gasteiger partial charge is 0.309 e. The molecular weight excluding hydrogens is 352 g/mol. The third-order valence-electron chi connectivity index (χ3n) is 2.89. The minimum Gasteiger partial charge on any atom is -0.309 e.